The predicted octanol–water partition coefficient (Wildman–Crippen LogP) is 3.77. The summed E-state index contributed by atoms with van der Waals surface area (Å²) in [6, 6.07) is 5.73. The third-order valence-corrected chi connectivity index (χ3v) is 4.60. The highest BCUT2D eigenvalue weighted by Crippen LogP contribution is 2.27. The highest BCUT2D eigenvalue weighted by Gasteiger charge is 2.17. The molecule has 0 bridgehead atoms. The van der Waals surface area contributed by atoms with Crippen molar-refractivity contribution in [3.63, 3.8) is 0 Å². The number of halogens is 1. The minimum absolute atomic E-state index is 0.120. The molecule has 0 saturated carbocycles. The molecule has 0 spiro atoms. The van der Waals surface area contributed by atoms with E-state index in [2.05, 4.69) is 19.2 Å². The van der Waals surface area contributed by atoms with Gasteiger partial charge in [-0.05, 0) is 44.0 Å². The molecule has 0 radical (unpaired) electrons. The van der Waals surface area contributed by atoms with E-state index in [9.17, 15) is 4.39 Å². The minimum Gasteiger partial charge on any atom is -0.377 e. The van der Waals surface area contributed by atoms with Crippen molar-refractivity contribution in [1.29, 1.82) is 0 Å². The number of thioether (sulfide) groups is 1. The van der Waals surface area contributed by atoms with Gasteiger partial charge in [-0.15, -0.1) is 11.8 Å². The van der Waals surface area contributed by atoms with Crippen LogP contribution in [0.15, 0.2) is 23.1 Å². The van der Waals surface area contributed by atoms with Gasteiger partial charge in [0, 0.05) is 23.3 Å². The lowest BCUT2D eigenvalue weighted by atomic mass is 10.1. The molecule has 0 amide bonds. The van der Waals surface area contributed by atoms with Crippen LogP contribution < -0.4 is 5.32 Å². The first-order valence-corrected chi connectivity index (χ1v) is 7.96. The molecule has 2 nitrogen and oxygen atoms in total. The first-order valence-electron chi connectivity index (χ1n) is 6.98. The number of nitrogens with one attached hydrogen (secondary N) is 1. The van der Waals surface area contributed by atoms with E-state index in [1.54, 1.807) is 17.8 Å². The quantitative estimate of drug-likeness (QED) is 0.803. The van der Waals surface area contributed by atoms with Crippen LogP contribution in [-0.2, 0) is 4.74 Å². The summed E-state index contributed by atoms with van der Waals surface area (Å²) in [5.41, 5.74) is 1.00. The Hall–Kier alpha value is -0.580. The summed E-state index contributed by atoms with van der Waals surface area (Å²) in [6.07, 6.45) is 2.53. The molecule has 0 aromatic heterocycles. The lowest BCUT2D eigenvalue weighted by molar-refractivity contribution is 0.129. The first kappa shape index (κ1) is 14.8. The van der Waals surface area contributed by atoms with Gasteiger partial charge >= 0.3 is 0 Å². The topological polar surface area (TPSA) is 21.3 Å². The van der Waals surface area contributed by atoms with E-state index in [0.29, 0.717) is 6.10 Å². The normalized spacial score (nSPS) is 20.7. The second kappa shape index (κ2) is 7.27. The van der Waals surface area contributed by atoms with Gasteiger partial charge in [0.2, 0.25) is 0 Å². The van der Waals surface area contributed by atoms with E-state index in [4.69, 9.17) is 4.74 Å². The molecule has 19 heavy (non-hydrogen) atoms. The van der Waals surface area contributed by atoms with Gasteiger partial charge in [-0.1, -0.05) is 13.0 Å². The fourth-order valence-electron chi connectivity index (χ4n) is 2.29. The molecular formula is C15H22FNOS. The molecule has 2 rings (SSSR count). The van der Waals surface area contributed by atoms with Gasteiger partial charge in [0.25, 0.3) is 0 Å². The molecule has 1 aromatic carbocycles. The summed E-state index contributed by atoms with van der Waals surface area (Å²) >= 11 is 1.56. The van der Waals surface area contributed by atoms with Crippen molar-refractivity contribution in [3.05, 3.63) is 29.6 Å². The average Bonchev–Trinajstić information content (AvgIpc) is 2.90. The summed E-state index contributed by atoms with van der Waals surface area (Å²) in [5.74, 6) is 0.726. The highest BCUT2D eigenvalue weighted by molar-refractivity contribution is 7.99. The Morgan fingerprint density at radius 2 is 2.37 bits per heavy atom. The molecule has 1 heterocycles. The van der Waals surface area contributed by atoms with Gasteiger partial charge in [0.05, 0.1) is 6.10 Å². The Labute approximate surface area is 119 Å². The highest BCUT2D eigenvalue weighted by atomic mass is 32.2. The number of hydrogen-bond acceptors (Lipinski definition) is 3. The number of hydrogen-bond donors (Lipinski definition) is 1. The van der Waals surface area contributed by atoms with Gasteiger partial charge < -0.3 is 10.1 Å². The number of rotatable bonds is 6. The molecule has 2 atom stereocenters. The van der Waals surface area contributed by atoms with Crippen LogP contribution in [0.2, 0.25) is 0 Å². The maximum atomic E-state index is 14.0. The van der Waals surface area contributed by atoms with Crippen molar-refractivity contribution in [2.24, 2.45) is 0 Å². The lowest BCUT2D eigenvalue weighted by Gasteiger charge is -2.14. The molecule has 106 valence electrons. The molecule has 1 aliphatic rings. The summed E-state index contributed by atoms with van der Waals surface area (Å²) < 4.78 is 19.6. The van der Waals surface area contributed by atoms with Crippen molar-refractivity contribution in [3.8, 4) is 0 Å². The Morgan fingerprint density at radius 3 is 3.00 bits per heavy atom. The Balaban J connectivity index is 1.94. The van der Waals surface area contributed by atoms with E-state index in [1.807, 2.05) is 12.1 Å². The van der Waals surface area contributed by atoms with Crippen LogP contribution in [0.25, 0.3) is 0 Å². The van der Waals surface area contributed by atoms with E-state index >= 15 is 0 Å². The number of benzene rings is 1. The lowest BCUT2D eigenvalue weighted by Crippen LogP contribution is -2.17. The van der Waals surface area contributed by atoms with Crippen LogP contribution in [0, 0.1) is 5.82 Å². The van der Waals surface area contributed by atoms with E-state index in [1.165, 1.54) is 0 Å². The largest absolute Gasteiger partial charge is 0.377 e. The summed E-state index contributed by atoms with van der Waals surface area (Å²) in [6.45, 7) is 5.85. The molecule has 1 fully saturated rings. The molecule has 0 aliphatic carbocycles. The maximum Gasteiger partial charge on any atom is 0.137 e. The zero-order valence-electron chi connectivity index (χ0n) is 11.6. The Bertz CT molecular complexity index is 407. The monoisotopic (exact) mass is 283 g/mol. The molecular weight excluding hydrogens is 261 g/mol. The van der Waals surface area contributed by atoms with Crippen molar-refractivity contribution in [2.45, 2.75) is 43.7 Å². The molecule has 1 saturated heterocycles. The second-order valence-electron chi connectivity index (χ2n) is 4.92. The van der Waals surface area contributed by atoms with Crippen LogP contribution in [-0.4, -0.2) is 25.0 Å². The third kappa shape index (κ3) is 4.20. The molecule has 1 aromatic rings. The third-order valence-electron chi connectivity index (χ3n) is 3.41. The van der Waals surface area contributed by atoms with Crippen LogP contribution >= 0.6 is 11.8 Å². The van der Waals surface area contributed by atoms with Crippen molar-refractivity contribution in [2.75, 3.05) is 18.9 Å². The standard InChI is InChI=1S/C15H22FNOS/c1-3-17-11(2)12-6-7-15(14(16)9-12)19-10-13-5-4-8-18-13/h6-7,9,11,13,17H,3-5,8,10H2,1-2H3. The van der Waals surface area contributed by atoms with Crippen LogP contribution in [0.4, 0.5) is 4.39 Å². The fraction of sp³-hybridized carbons (Fsp3) is 0.600. The van der Waals surface area contributed by atoms with E-state index in [-0.39, 0.29) is 11.9 Å². The first-order chi connectivity index (χ1) is 9.20. The molecule has 1 N–H and O–H groups in total. The summed E-state index contributed by atoms with van der Waals surface area (Å²) in [5, 5.41) is 3.29. The molecule has 2 unspecified atom stereocenters. The molecule has 4 heteroatoms. The van der Waals surface area contributed by atoms with Crippen molar-refractivity contribution in [1.82, 2.24) is 5.32 Å². The van der Waals surface area contributed by atoms with Gasteiger partial charge in [-0.3, -0.25) is 0 Å². The maximum absolute atomic E-state index is 14.0. The number of ether oxygens (including phenoxy) is 1. The van der Waals surface area contributed by atoms with E-state index in [0.717, 1.165) is 42.2 Å². The zero-order valence-corrected chi connectivity index (χ0v) is 12.4. The molecule has 1 aliphatic heterocycles. The minimum atomic E-state index is -0.120. The Morgan fingerprint density at radius 1 is 1.53 bits per heavy atom. The fourth-order valence-corrected chi connectivity index (χ4v) is 3.28. The second-order valence-corrected chi connectivity index (χ2v) is 5.98. The summed E-state index contributed by atoms with van der Waals surface area (Å²) in [4.78, 5) is 0.725. The average molecular weight is 283 g/mol. The van der Waals surface area contributed by atoms with Crippen LogP contribution in [0.3, 0.4) is 0 Å². The van der Waals surface area contributed by atoms with Gasteiger partial charge in [0.15, 0.2) is 0 Å². The van der Waals surface area contributed by atoms with E-state index < -0.39 is 0 Å². The van der Waals surface area contributed by atoms with Gasteiger partial charge in [0.1, 0.15) is 5.82 Å². The predicted molar refractivity (Wildman–Crippen MR) is 78.2 cm³/mol. The van der Waals surface area contributed by atoms with Gasteiger partial charge in [-0.2, -0.15) is 0 Å². The van der Waals surface area contributed by atoms with Crippen molar-refractivity contribution < 1.29 is 9.13 Å². The van der Waals surface area contributed by atoms with Gasteiger partial charge in [-0.25, -0.2) is 4.39 Å². The van der Waals surface area contributed by atoms with Crippen LogP contribution in [0.1, 0.15) is 38.3 Å². The zero-order chi connectivity index (χ0) is 13.7. The SMILES string of the molecule is CCNC(C)c1ccc(SCC2CCCO2)c(F)c1. The van der Waals surface area contributed by atoms with Crippen molar-refractivity contribution >= 4 is 11.8 Å². The Kier molecular flexibility index (Phi) is 5.67. The summed E-state index contributed by atoms with van der Waals surface area (Å²) in [7, 11) is 0. The smallest absolute Gasteiger partial charge is 0.137 e. The van der Waals surface area contributed by atoms with Crippen LogP contribution in [0.5, 0.6) is 0 Å².